The molecule has 1 heterocycles. The number of morpholine rings is 1. The number of hydrogen-bond donors (Lipinski definition) is 0. The first-order valence-electron chi connectivity index (χ1n) is 5.90. The fourth-order valence-electron chi connectivity index (χ4n) is 1.75. The predicted octanol–water partition coefficient (Wildman–Crippen LogP) is 1.31. The Kier molecular flexibility index (Phi) is 4.53. The molecule has 1 aliphatic rings. The molecule has 1 saturated heterocycles. The van der Waals surface area contributed by atoms with E-state index in [1.165, 1.54) is 0 Å². The van der Waals surface area contributed by atoms with Gasteiger partial charge < -0.3 is 9.47 Å². The summed E-state index contributed by atoms with van der Waals surface area (Å²) < 4.78 is 10.5. The summed E-state index contributed by atoms with van der Waals surface area (Å²) in [5.41, 5.74) is 0. The third-order valence-corrected chi connectivity index (χ3v) is 2.71. The summed E-state index contributed by atoms with van der Waals surface area (Å²) in [4.78, 5) is 13.8. The zero-order valence-electron chi connectivity index (χ0n) is 9.80. The van der Waals surface area contributed by atoms with Gasteiger partial charge in [0.05, 0.1) is 19.6 Å². The first-order valence-corrected chi connectivity index (χ1v) is 5.90. The van der Waals surface area contributed by atoms with Crippen LogP contribution in [0.15, 0.2) is 30.3 Å². The number of rotatable bonds is 4. The van der Waals surface area contributed by atoms with E-state index in [2.05, 4.69) is 4.90 Å². The molecule has 2 rings (SSSR count). The summed E-state index contributed by atoms with van der Waals surface area (Å²) in [5, 5.41) is 0. The van der Waals surface area contributed by atoms with E-state index in [0.717, 1.165) is 32.8 Å². The van der Waals surface area contributed by atoms with Crippen molar-refractivity contribution in [2.45, 2.75) is 6.42 Å². The third kappa shape index (κ3) is 4.17. The van der Waals surface area contributed by atoms with Crippen molar-refractivity contribution in [1.29, 1.82) is 0 Å². The van der Waals surface area contributed by atoms with E-state index in [1.807, 2.05) is 18.2 Å². The lowest BCUT2D eigenvalue weighted by Crippen LogP contribution is -2.37. The van der Waals surface area contributed by atoms with Crippen molar-refractivity contribution in [3.05, 3.63) is 30.3 Å². The minimum atomic E-state index is -0.178. The van der Waals surface area contributed by atoms with Gasteiger partial charge in [0.15, 0.2) is 0 Å². The Bertz CT molecular complexity index is 347. The van der Waals surface area contributed by atoms with Crippen molar-refractivity contribution in [2.75, 3.05) is 32.8 Å². The topological polar surface area (TPSA) is 38.8 Å². The minimum absolute atomic E-state index is 0.178. The molecule has 0 bridgehead atoms. The molecular weight excluding hydrogens is 218 g/mol. The van der Waals surface area contributed by atoms with Crippen LogP contribution in [-0.4, -0.2) is 43.7 Å². The van der Waals surface area contributed by atoms with Gasteiger partial charge in [-0.1, -0.05) is 18.2 Å². The molecule has 0 radical (unpaired) electrons. The van der Waals surface area contributed by atoms with Gasteiger partial charge in [-0.2, -0.15) is 0 Å². The zero-order valence-corrected chi connectivity index (χ0v) is 9.80. The summed E-state index contributed by atoms with van der Waals surface area (Å²) in [6.45, 7) is 4.06. The van der Waals surface area contributed by atoms with E-state index in [-0.39, 0.29) is 5.97 Å². The second-order valence-corrected chi connectivity index (χ2v) is 3.99. The van der Waals surface area contributed by atoms with Crippen molar-refractivity contribution < 1.29 is 14.3 Å². The maximum absolute atomic E-state index is 11.6. The maximum atomic E-state index is 11.6. The van der Waals surface area contributed by atoms with Crippen LogP contribution in [0.2, 0.25) is 0 Å². The van der Waals surface area contributed by atoms with Gasteiger partial charge in [0, 0.05) is 19.6 Å². The van der Waals surface area contributed by atoms with Crippen LogP contribution in [0.1, 0.15) is 6.42 Å². The first-order chi connectivity index (χ1) is 8.34. The highest BCUT2D eigenvalue weighted by molar-refractivity contribution is 5.72. The normalized spacial score (nSPS) is 16.7. The van der Waals surface area contributed by atoms with Crippen LogP contribution in [0, 0.1) is 0 Å². The number of hydrogen-bond acceptors (Lipinski definition) is 4. The highest BCUT2D eigenvalue weighted by atomic mass is 16.5. The van der Waals surface area contributed by atoms with Gasteiger partial charge >= 0.3 is 5.97 Å². The van der Waals surface area contributed by atoms with Crippen molar-refractivity contribution in [2.24, 2.45) is 0 Å². The summed E-state index contributed by atoms with van der Waals surface area (Å²) in [6, 6.07) is 9.17. The average Bonchev–Trinajstić information content (AvgIpc) is 2.39. The van der Waals surface area contributed by atoms with Crippen molar-refractivity contribution in [3.63, 3.8) is 0 Å². The summed E-state index contributed by atoms with van der Waals surface area (Å²) >= 11 is 0. The van der Waals surface area contributed by atoms with Crippen LogP contribution in [0.5, 0.6) is 5.75 Å². The summed E-state index contributed by atoms with van der Waals surface area (Å²) in [5.74, 6) is 0.433. The molecule has 1 aromatic rings. The monoisotopic (exact) mass is 235 g/mol. The largest absolute Gasteiger partial charge is 0.426 e. The highest BCUT2D eigenvalue weighted by Gasteiger charge is 2.12. The molecular formula is C13H17NO3. The van der Waals surface area contributed by atoms with Crippen molar-refractivity contribution >= 4 is 5.97 Å². The van der Waals surface area contributed by atoms with E-state index >= 15 is 0 Å². The molecule has 1 fully saturated rings. The molecule has 1 aromatic carbocycles. The van der Waals surface area contributed by atoms with Crippen LogP contribution in [0.3, 0.4) is 0 Å². The number of nitrogens with zero attached hydrogens (tertiary/aromatic N) is 1. The summed E-state index contributed by atoms with van der Waals surface area (Å²) in [6.07, 6.45) is 0.425. The number of esters is 1. The number of ether oxygens (including phenoxy) is 2. The smallest absolute Gasteiger partial charge is 0.312 e. The molecule has 0 amide bonds. The molecule has 0 spiro atoms. The Labute approximate surface area is 101 Å². The molecule has 0 aliphatic carbocycles. The fraction of sp³-hybridized carbons (Fsp3) is 0.462. The van der Waals surface area contributed by atoms with Crippen LogP contribution in [-0.2, 0) is 9.53 Å². The van der Waals surface area contributed by atoms with Gasteiger partial charge in [-0.05, 0) is 12.1 Å². The van der Waals surface area contributed by atoms with Gasteiger partial charge in [-0.15, -0.1) is 0 Å². The number of carbonyl (C=O) groups is 1. The fourth-order valence-corrected chi connectivity index (χ4v) is 1.75. The molecule has 4 heteroatoms. The SMILES string of the molecule is O=C(CCN1CCOCC1)Oc1ccccc1. The van der Waals surface area contributed by atoms with E-state index in [4.69, 9.17) is 9.47 Å². The Morgan fingerprint density at radius 2 is 1.94 bits per heavy atom. The standard InChI is InChI=1S/C13H17NO3/c15-13(17-12-4-2-1-3-5-12)6-7-14-8-10-16-11-9-14/h1-5H,6-11H2. The lowest BCUT2D eigenvalue weighted by atomic mass is 10.3. The van der Waals surface area contributed by atoms with Crippen LogP contribution in [0.4, 0.5) is 0 Å². The van der Waals surface area contributed by atoms with Gasteiger partial charge in [-0.3, -0.25) is 9.69 Å². The minimum Gasteiger partial charge on any atom is -0.426 e. The van der Waals surface area contributed by atoms with Gasteiger partial charge in [0.2, 0.25) is 0 Å². The van der Waals surface area contributed by atoms with Gasteiger partial charge in [0.25, 0.3) is 0 Å². The van der Waals surface area contributed by atoms with Crippen LogP contribution >= 0.6 is 0 Å². The second kappa shape index (κ2) is 6.37. The third-order valence-electron chi connectivity index (χ3n) is 2.71. The number of carbonyl (C=O) groups excluding carboxylic acids is 1. The average molecular weight is 235 g/mol. The predicted molar refractivity (Wildman–Crippen MR) is 64.0 cm³/mol. The summed E-state index contributed by atoms with van der Waals surface area (Å²) in [7, 11) is 0. The van der Waals surface area contributed by atoms with Crippen molar-refractivity contribution in [3.8, 4) is 5.75 Å². The second-order valence-electron chi connectivity index (χ2n) is 3.99. The van der Waals surface area contributed by atoms with E-state index < -0.39 is 0 Å². The molecule has 0 unspecified atom stereocenters. The molecule has 0 saturated carbocycles. The Morgan fingerprint density at radius 1 is 1.24 bits per heavy atom. The van der Waals surface area contributed by atoms with E-state index in [9.17, 15) is 4.79 Å². The molecule has 0 N–H and O–H groups in total. The van der Waals surface area contributed by atoms with Crippen molar-refractivity contribution in [1.82, 2.24) is 4.90 Å². The molecule has 92 valence electrons. The van der Waals surface area contributed by atoms with Crippen LogP contribution < -0.4 is 4.74 Å². The van der Waals surface area contributed by atoms with Gasteiger partial charge in [-0.25, -0.2) is 0 Å². The molecule has 0 aromatic heterocycles. The quantitative estimate of drug-likeness (QED) is 0.582. The van der Waals surface area contributed by atoms with Crippen LogP contribution in [0.25, 0.3) is 0 Å². The Balaban J connectivity index is 1.70. The maximum Gasteiger partial charge on any atom is 0.312 e. The number of para-hydroxylation sites is 1. The van der Waals surface area contributed by atoms with E-state index in [1.54, 1.807) is 12.1 Å². The number of benzene rings is 1. The molecule has 1 aliphatic heterocycles. The molecule has 17 heavy (non-hydrogen) atoms. The Morgan fingerprint density at radius 3 is 2.65 bits per heavy atom. The van der Waals surface area contributed by atoms with E-state index in [0.29, 0.717) is 12.2 Å². The lowest BCUT2D eigenvalue weighted by molar-refractivity contribution is -0.135. The zero-order chi connectivity index (χ0) is 11.9. The van der Waals surface area contributed by atoms with Gasteiger partial charge in [0.1, 0.15) is 5.75 Å². The molecule has 4 nitrogen and oxygen atoms in total. The lowest BCUT2D eigenvalue weighted by Gasteiger charge is -2.25. The Hall–Kier alpha value is -1.39. The first kappa shape index (κ1) is 12.1. The highest BCUT2D eigenvalue weighted by Crippen LogP contribution is 2.09. The molecule has 0 atom stereocenters.